The number of hydrogen-bond donors (Lipinski definition) is 1. The van der Waals surface area contributed by atoms with Gasteiger partial charge in [0.1, 0.15) is 5.75 Å². The minimum Gasteiger partial charge on any atom is -0.484 e. The SMILES string of the molecule is O=C(COc1ccc(Cl)cc1)NC1CCN(C(=O)[C@H]2C[C@@H]2Cc2ccc(Cl)cc2)CC1. The molecule has 2 amide bonds. The zero-order valence-electron chi connectivity index (χ0n) is 17.2. The molecule has 0 aromatic heterocycles. The fraction of sp³-hybridized carbons (Fsp3) is 0.417. The van der Waals surface area contributed by atoms with Gasteiger partial charge in [-0.05, 0) is 73.6 Å². The minimum atomic E-state index is -0.148. The highest BCUT2D eigenvalue weighted by Crippen LogP contribution is 2.42. The van der Waals surface area contributed by atoms with Gasteiger partial charge in [-0.2, -0.15) is 0 Å². The van der Waals surface area contributed by atoms with Gasteiger partial charge in [-0.3, -0.25) is 9.59 Å². The number of benzene rings is 2. The molecular formula is C24H26Cl2N2O3. The molecule has 0 spiro atoms. The second kappa shape index (κ2) is 9.92. The Morgan fingerprint density at radius 1 is 0.968 bits per heavy atom. The summed E-state index contributed by atoms with van der Waals surface area (Å²) in [6.45, 7) is 1.34. The van der Waals surface area contributed by atoms with E-state index in [2.05, 4.69) is 5.32 Å². The number of nitrogens with zero attached hydrogens (tertiary/aromatic N) is 1. The van der Waals surface area contributed by atoms with Crippen molar-refractivity contribution in [1.29, 1.82) is 0 Å². The average Bonchev–Trinajstić information content (AvgIpc) is 3.54. The third-order valence-corrected chi connectivity index (χ3v) is 6.51. The summed E-state index contributed by atoms with van der Waals surface area (Å²) in [5.41, 5.74) is 1.23. The Hall–Kier alpha value is -2.24. The van der Waals surface area contributed by atoms with Gasteiger partial charge in [0.05, 0.1) is 0 Å². The fourth-order valence-electron chi connectivity index (χ4n) is 4.13. The summed E-state index contributed by atoms with van der Waals surface area (Å²) in [5, 5.41) is 4.37. The number of ether oxygens (including phenoxy) is 1. The Morgan fingerprint density at radius 3 is 2.23 bits per heavy atom. The Morgan fingerprint density at radius 2 is 1.58 bits per heavy atom. The second-order valence-electron chi connectivity index (χ2n) is 8.34. The van der Waals surface area contributed by atoms with Crippen LogP contribution in [-0.2, 0) is 16.0 Å². The van der Waals surface area contributed by atoms with E-state index in [4.69, 9.17) is 27.9 Å². The van der Waals surface area contributed by atoms with Crippen LogP contribution in [0.3, 0.4) is 0 Å². The van der Waals surface area contributed by atoms with Crippen LogP contribution in [0.2, 0.25) is 10.0 Å². The van der Waals surface area contributed by atoms with Crippen LogP contribution in [0.4, 0.5) is 0 Å². The summed E-state index contributed by atoms with van der Waals surface area (Å²) in [6.07, 6.45) is 3.42. The number of rotatable bonds is 7. The van der Waals surface area contributed by atoms with Crippen LogP contribution in [0.15, 0.2) is 48.5 Å². The lowest BCUT2D eigenvalue weighted by Gasteiger charge is -2.32. The van der Waals surface area contributed by atoms with Gasteiger partial charge in [-0.15, -0.1) is 0 Å². The smallest absolute Gasteiger partial charge is 0.258 e. The van der Waals surface area contributed by atoms with Gasteiger partial charge in [0.2, 0.25) is 5.91 Å². The standard InChI is InChI=1S/C24H26Cl2N2O3/c25-18-3-1-16(2-4-18)13-17-14-22(17)24(30)28-11-9-20(10-12-28)27-23(29)15-31-21-7-5-19(26)6-8-21/h1-8,17,20,22H,9-15H2,(H,27,29)/t17-,22-/m0/s1. The number of carbonyl (C=O) groups is 2. The third-order valence-electron chi connectivity index (χ3n) is 6.01. The molecule has 31 heavy (non-hydrogen) atoms. The van der Waals surface area contributed by atoms with E-state index in [1.54, 1.807) is 24.3 Å². The van der Waals surface area contributed by atoms with Gasteiger partial charge < -0.3 is 15.0 Å². The molecule has 5 nitrogen and oxygen atoms in total. The predicted molar refractivity (Wildman–Crippen MR) is 121 cm³/mol. The molecule has 2 fully saturated rings. The highest BCUT2D eigenvalue weighted by molar-refractivity contribution is 6.30. The van der Waals surface area contributed by atoms with Gasteiger partial charge >= 0.3 is 0 Å². The van der Waals surface area contributed by atoms with Gasteiger partial charge in [0, 0.05) is 35.1 Å². The molecule has 1 saturated carbocycles. The fourth-order valence-corrected chi connectivity index (χ4v) is 4.38. The number of hydrogen-bond acceptors (Lipinski definition) is 3. The number of amides is 2. The van der Waals surface area contributed by atoms with E-state index in [9.17, 15) is 9.59 Å². The molecule has 1 aliphatic heterocycles. The number of likely N-dealkylation sites (tertiary alicyclic amines) is 1. The Bertz CT molecular complexity index is 909. The molecule has 4 rings (SSSR count). The summed E-state index contributed by atoms with van der Waals surface area (Å²) in [4.78, 5) is 26.9. The Labute approximate surface area is 192 Å². The van der Waals surface area contributed by atoms with E-state index in [0.29, 0.717) is 29.8 Å². The number of carbonyl (C=O) groups excluding carboxylic acids is 2. The van der Waals surface area contributed by atoms with Crippen LogP contribution in [0.1, 0.15) is 24.8 Å². The van der Waals surface area contributed by atoms with Crippen molar-refractivity contribution in [3.63, 3.8) is 0 Å². The zero-order chi connectivity index (χ0) is 21.8. The van der Waals surface area contributed by atoms with Crippen molar-refractivity contribution < 1.29 is 14.3 Å². The molecule has 2 atom stereocenters. The summed E-state index contributed by atoms with van der Waals surface area (Å²) >= 11 is 11.8. The average molecular weight is 461 g/mol. The lowest BCUT2D eigenvalue weighted by Crippen LogP contribution is -2.48. The first-order valence-corrected chi connectivity index (χ1v) is 11.4. The van der Waals surface area contributed by atoms with Crippen LogP contribution in [-0.4, -0.2) is 42.5 Å². The van der Waals surface area contributed by atoms with Crippen molar-refractivity contribution in [2.75, 3.05) is 19.7 Å². The van der Waals surface area contributed by atoms with E-state index in [0.717, 1.165) is 30.7 Å². The van der Waals surface area contributed by atoms with E-state index in [1.807, 2.05) is 29.2 Å². The van der Waals surface area contributed by atoms with E-state index >= 15 is 0 Å². The van der Waals surface area contributed by atoms with E-state index < -0.39 is 0 Å². The van der Waals surface area contributed by atoms with Crippen molar-refractivity contribution in [2.24, 2.45) is 11.8 Å². The summed E-state index contributed by atoms with van der Waals surface area (Å²) < 4.78 is 5.49. The van der Waals surface area contributed by atoms with Crippen molar-refractivity contribution in [2.45, 2.75) is 31.7 Å². The van der Waals surface area contributed by atoms with Gasteiger partial charge in [0.15, 0.2) is 6.61 Å². The monoisotopic (exact) mass is 460 g/mol. The third kappa shape index (κ3) is 6.14. The lowest BCUT2D eigenvalue weighted by atomic mass is 10.0. The number of piperidine rings is 1. The van der Waals surface area contributed by atoms with Crippen LogP contribution in [0, 0.1) is 11.8 Å². The maximum absolute atomic E-state index is 12.8. The normalized spacial score (nSPS) is 20.9. The first kappa shape index (κ1) is 22.0. The predicted octanol–water partition coefficient (Wildman–Crippen LogP) is 4.36. The highest BCUT2D eigenvalue weighted by atomic mass is 35.5. The first-order chi connectivity index (χ1) is 15.0. The molecule has 1 heterocycles. The molecule has 2 aliphatic rings. The number of nitrogens with one attached hydrogen (secondary N) is 1. The Kier molecular flexibility index (Phi) is 7.03. The molecule has 0 bridgehead atoms. The molecule has 2 aromatic carbocycles. The first-order valence-electron chi connectivity index (χ1n) is 10.7. The van der Waals surface area contributed by atoms with Crippen molar-refractivity contribution in [3.05, 3.63) is 64.1 Å². The highest BCUT2D eigenvalue weighted by Gasteiger charge is 2.45. The largest absolute Gasteiger partial charge is 0.484 e. The minimum absolute atomic E-state index is 0.0325. The molecule has 1 aliphatic carbocycles. The Balaban J connectivity index is 1.16. The van der Waals surface area contributed by atoms with Gasteiger partial charge in [0.25, 0.3) is 5.91 Å². The number of halogens is 2. The molecule has 2 aromatic rings. The maximum Gasteiger partial charge on any atom is 0.258 e. The van der Waals surface area contributed by atoms with Gasteiger partial charge in [-0.25, -0.2) is 0 Å². The molecule has 1 N–H and O–H groups in total. The van der Waals surface area contributed by atoms with Gasteiger partial charge in [-0.1, -0.05) is 35.3 Å². The van der Waals surface area contributed by atoms with Crippen LogP contribution < -0.4 is 10.1 Å². The molecule has 7 heteroatoms. The molecular weight excluding hydrogens is 435 g/mol. The molecule has 164 valence electrons. The van der Waals surface area contributed by atoms with E-state index in [-0.39, 0.29) is 30.4 Å². The van der Waals surface area contributed by atoms with Crippen LogP contribution in [0.25, 0.3) is 0 Å². The molecule has 0 radical (unpaired) electrons. The lowest BCUT2D eigenvalue weighted by molar-refractivity contribution is -0.134. The molecule has 1 saturated heterocycles. The second-order valence-corrected chi connectivity index (χ2v) is 9.22. The van der Waals surface area contributed by atoms with Crippen LogP contribution in [0.5, 0.6) is 5.75 Å². The topological polar surface area (TPSA) is 58.6 Å². The van der Waals surface area contributed by atoms with E-state index in [1.165, 1.54) is 5.56 Å². The summed E-state index contributed by atoms with van der Waals surface area (Å²) in [5.74, 6) is 1.28. The molecule has 0 unspecified atom stereocenters. The maximum atomic E-state index is 12.8. The zero-order valence-corrected chi connectivity index (χ0v) is 18.7. The van der Waals surface area contributed by atoms with Crippen molar-refractivity contribution in [3.8, 4) is 5.75 Å². The quantitative estimate of drug-likeness (QED) is 0.667. The van der Waals surface area contributed by atoms with Crippen molar-refractivity contribution >= 4 is 35.0 Å². The summed E-state index contributed by atoms with van der Waals surface area (Å²) in [6, 6.07) is 14.9. The summed E-state index contributed by atoms with van der Waals surface area (Å²) in [7, 11) is 0. The van der Waals surface area contributed by atoms with Crippen molar-refractivity contribution in [1.82, 2.24) is 10.2 Å². The van der Waals surface area contributed by atoms with Crippen LogP contribution >= 0.6 is 23.2 Å².